The van der Waals surface area contributed by atoms with E-state index in [1.54, 1.807) is 0 Å². The second kappa shape index (κ2) is 5.46. The van der Waals surface area contributed by atoms with Gasteiger partial charge < -0.3 is 5.73 Å². The van der Waals surface area contributed by atoms with Gasteiger partial charge in [-0.2, -0.15) is 0 Å². The number of aromatic nitrogens is 1. The van der Waals surface area contributed by atoms with E-state index < -0.39 is 0 Å². The van der Waals surface area contributed by atoms with Crippen molar-refractivity contribution in [1.29, 1.82) is 0 Å². The Hall–Kier alpha value is -0.450. The lowest BCUT2D eigenvalue weighted by Gasteiger charge is -2.36. The van der Waals surface area contributed by atoms with E-state index in [0.717, 1.165) is 25.6 Å². The number of nitrogens with two attached hydrogens (primary N) is 1. The topological polar surface area (TPSA) is 42.2 Å². The highest BCUT2D eigenvalue weighted by molar-refractivity contribution is 7.11. The summed E-state index contributed by atoms with van der Waals surface area (Å²) in [7, 11) is 0. The summed E-state index contributed by atoms with van der Waals surface area (Å²) in [5.41, 5.74) is 7.02. The number of piperidine rings is 1. The molecular formula is C13H23N3S. The van der Waals surface area contributed by atoms with Crippen molar-refractivity contribution in [3.05, 3.63) is 15.6 Å². The maximum Gasteiger partial charge on any atom is 0.107 e. The van der Waals surface area contributed by atoms with Crippen molar-refractivity contribution in [3.8, 4) is 0 Å². The first kappa shape index (κ1) is 13.0. The zero-order chi connectivity index (χ0) is 12.4. The average Bonchev–Trinajstić information content (AvgIpc) is 2.61. The van der Waals surface area contributed by atoms with Gasteiger partial charge in [0, 0.05) is 11.4 Å². The molecule has 1 saturated heterocycles. The number of rotatable bonds is 3. The number of hydrogen-bond donors (Lipinski definition) is 1. The zero-order valence-electron chi connectivity index (χ0n) is 11.1. The van der Waals surface area contributed by atoms with Crippen molar-refractivity contribution < 1.29 is 0 Å². The number of likely N-dealkylation sites (tertiary alicyclic amines) is 1. The normalized spacial score (nSPS) is 26.4. The third-order valence-corrected chi connectivity index (χ3v) is 4.99. The molecule has 1 aromatic heterocycles. The average molecular weight is 253 g/mol. The fourth-order valence-corrected chi connectivity index (χ4v) is 3.45. The number of hydrogen-bond acceptors (Lipinski definition) is 4. The molecule has 1 aliphatic rings. The van der Waals surface area contributed by atoms with Crippen molar-refractivity contribution in [2.24, 2.45) is 17.6 Å². The largest absolute Gasteiger partial charge is 0.330 e. The van der Waals surface area contributed by atoms with Gasteiger partial charge in [0.1, 0.15) is 5.01 Å². The van der Waals surface area contributed by atoms with E-state index in [4.69, 9.17) is 5.73 Å². The van der Waals surface area contributed by atoms with E-state index in [9.17, 15) is 0 Å². The van der Waals surface area contributed by atoms with E-state index >= 15 is 0 Å². The Labute approximate surface area is 108 Å². The first-order valence-electron chi connectivity index (χ1n) is 6.45. The lowest BCUT2D eigenvalue weighted by molar-refractivity contribution is 0.126. The minimum Gasteiger partial charge on any atom is -0.330 e. The van der Waals surface area contributed by atoms with Gasteiger partial charge in [0.2, 0.25) is 0 Å². The summed E-state index contributed by atoms with van der Waals surface area (Å²) in [4.78, 5) is 8.48. The summed E-state index contributed by atoms with van der Waals surface area (Å²) in [5, 5.41) is 1.25. The van der Waals surface area contributed by atoms with Crippen LogP contribution in [0.5, 0.6) is 0 Å². The Morgan fingerprint density at radius 1 is 1.47 bits per heavy atom. The third-order valence-electron chi connectivity index (χ3n) is 3.93. The van der Waals surface area contributed by atoms with Gasteiger partial charge in [-0.15, -0.1) is 11.3 Å². The predicted molar refractivity (Wildman–Crippen MR) is 73.2 cm³/mol. The number of nitrogens with zero attached hydrogens (tertiary/aromatic N) is 2. The van der Waals surface area contributed by atoms with Gasteiger partial charge in [-0.25, -0.2) is 4.98 Å². The van der Waals surface area contributed by atoms with E-state index in [-0.39, 0.29) is 0 Å². The van der Waals surface area contributed by atoms with Gasteiger partial charge >= 0.3 is 0 Å². The van der Waals surface area contributed by atoms with Crippen LogP contribution in [0.1, 0.15) is 28.9 Å². The molecule has 2 heterocycles. The molecular weight excluding hydrogens is 230 g/mol. The molecule has 2 rings (SSSR count). The molecule has 1 fully saturated rings. The molecule has 3 nitrogen and oxygen atoms in total. The van der Waals surface area contributed by atoms with Crippen molar-refractivity contribution in [3.63, 3.8) is 0 Å². The summed E-state index contributed by atoms with van der Waals surface area (Å²) in [5.74, 6) is 1.43. The highest BCUT2D eigenvalue weighted by atomic mass is 32.1. The molecule has 2 N–H and O–H groups in total. The quantitative estimate of drug-likeness (QED) is 0.898. The van der Waals surface area contributed by atoms with Crippen LogP contribution in [0.2, 0.25) is 0 Å². The van der Waals surface area contributed by atoms with Gasteiger partial charge in [0.15, 0.2) is 0 Å². The van der Waals surface area contributed by atoms with E-state index in [2.05, 4.69) is 30.7 Å². The van der Waals surface area contributed by atoms with Gasteiger partial charge in [0.25, 0.3) is 0 Å². The van der Waals surface area contributed by atoms with Crippen LogP contribution >= 0.6 is 11.3 Å². The molecule has 2 atom stereocenters. The van der Waals surface area contributed by atoms with Crippen LogP contribution in [0, 0.1) is 25.7 Å². The molecule has 2 unspecified atom stereocenters. The molecule has 1 aromatic rings. The Kier molecular flexibility index (Phi) is 4.17. The highest BCUT2D eigenvalue weighted by Crippen LogP contribution is 2.25. The standard InChI is InChI=1S/C13H23N3S/c1-9-4-5-16(7-12(9)6-14)8-13-15-10(2)11(3)17-13/h9,12H,4-8,14H2,1-3H3. The Morgan fingerprint density at radius 2 is 2.24 bits per heavy atom. The lowest BCUT2D eigenvalue weighted by atomic mass is 9.87. The maximum absolute atomic E-state index is 5.84. The Balaban J connectivity index is 1.95. The fourth-order valence-electron chi connectivity index (χ4n) is 2.47. The van der Waals surface area contributed by atoms with Gasteiger partial charge in [-0.05, 0) is 45.2 Å². The van der Waals surface area contributed by atoms with Crippen LogP contribution in [0.15, 0.2) is 0 Å². The Bertz CT molecular complexity index is 355. The minimum absolute atomic E-state index is 0.658. The molecule has 0 bridgehead atoms. The first-order valence-corrected chi connectivity index (χ1v) is 7.27. The van der Waals surface area contributed by atoms with Crippen LogP contribution in [0.4, 0.5) is 0 Å². The zero-order valence-corrected chi connectivity index (χ0v) is 11.9. The van der Waals surface area contributed by atoms with E-state index in [1.807, 2.05) is 11.3 Å². The van der Waals surface area contributed by atoms with E-state index in [0.29, 0.717) is 5.92 Å². The van der Waals surface area contributed by atoms with Gasteiger partial charge in [0.05, 0.1) is 12.2 Å². The summed E-state index contributed by atoms with van der Waals surface area (Å²) >= 11 is 1.83. The molecule has 0 spiro atoms. The molecule has 17 heavy (non-hydrogen) atoms. The third kappa shape index (κ3) is 3.06. The molecule has 0 aromatic carbocycles. The summed E-state index contributed by atoms with van der Waals surface area (Å²) in [6, 6.07) is 0. The Morgan fingerprint density at radius 3 is 2.82 bits per heavy atom. The maximum atomic E-state index is 5.84. The molecule has 0 saturated carbocycles. The molecule has 4 heteroatoms. The first-order chi connectivity index (χ1) is 8.10. The number of aryl methyl sites for hydroxylation is 2. The van der Waals surface area contributed by atoms with Crippen molar-refractivity contribution in [1.82, 2.24) is 9.88 Å². The van der Waals surface area contributed by atoms with Gasteiger partial charge in [-0.1, -0.05) is 6.92 Å². The number of thiazole rings is 1. The van der Waals surface area contributed by atoms with Crippen LogP contribution in [0.25, 0.3) is 0 Å². The fraction of sp³-hybridized carbons (Fsp3) is 0.769. The SMILES string of the molecule is Cc1nc(CN2CCC(C)C(CN)C2)sc1C. The van der Waals surface area contributed by atoms with E-state index in [1.165, 1.54) is 28.5 Å². The van der Waals surface area contributed by atoms with Crippen LogP contribution in [-0.2, 0) is 6.54 Å². The lowest BCUT2D eigenvalue weighted by Crippen LogP contribution is -2.42. The summed E-state index contributed by atoms with van der Waals surface area (Å²) in [6.07, 6.45) is 1.27. The molecule has 0 radical (unpaired) electrons. The summed E-state index contributed by atoms with van der Waals surface area (Å²) in [6.45, 7) is 10.7. The van der Waals surface area contributed by atoms with Crippen molar-refractivity contribution >= 4 is 11.3 Å². The van der Waals surface area contributed by atoms with Crippen molar-refractivity contribution in [2.45, 2.75) is 33.7 Å². The van der Waals surface area contributed by atoms with Gasteiger partial charge in [-0.3, -0.25) is 4.90 Å². The summed E-state index contributed by atoms with van der Waals surface area (Å²) < 4.78 is 0. The minimum atomic E-state index is 0.658. The molecule has 0 amide bonds. The molecule has 96 valence electrons. The van der Waals surface area contributed by atoms with Crippen molar-refractivity contribution in [2.75, 3.05) is 19.6 Å². The monoisotopic (exact) mass is 253 g/mol. The van der Waals surface area contributed by atoms with Crippen LogP contribution in [-0.4, -0.2) is 29.5 Å². The molecule has 1 aliphatic heterocycles. The predicted octanol–water partition coefficient (Wildman–Crippen LogP) is 2.18. The second-order valence-corrected chi connectivity index (χ2v) is 6.53. The molecule has 0 aliphatic carbocycles. The van der Waals surface area contributed by atoms with Crippen LogP contribution in [0.3, 0.4) is 0 Å². The second-order valence-electron chi connectivity index (χ2n) is 5.25. The smallest absolute Gasteiger partial charge is 0.107 e. The van der Waals surface area contributed by atoms with Crippen LogP contribution < -0.4 is 5.73 Å². The highest BCUT2D eigenvalue weighted by Gasteiger charge is 2.25.